The van der Waals surface area contributed by atoms with Gasteiger partial charge in [-0.2, -0.15) is 8.42 Å². The fourth-order valence-electron chi connectivity index (χ4n) is 1.23. The van der Waals surface area contributed by atoms with E-state index in [0.717, 1.165) is 17.3 Å². The first-order chi connectivity index (χ1) is 10.5. The van der Waals surface area contributed by atoms with Crippen LogP contribution in [0.2, 0.25) is 0 Å². The highest BCUT2D eigenvalue weighted by molar-refractivity contribution is 8.14. The molecule has 0 aromatic heterocycles. The topological polar surface area (TPSA) is 159 Å². The smallest absolute Gasteiger partial charge is 0.294 e. The molecule has 0 spiro atoms. The molecular weight excluding hydrogens is 364 g/mol. The van der Waals surface area contributed by atoms with E-state index in [1.807, 2.05) is 6.92 Å². The Kier molecular flexibility index (Phi) is 9.39. The number of nitrogens with two attached hydrogens (primary N) is 1. The second kappa shape index (κ2) is 9.88. The van der Waals surface area contributed by atoms with Crippen molar-refractivity contribution >= 4 is 36.9 Å². The minimum atomic E-state index is -4.02. The van der Waals surface area contributed by atoms with E-state index >= 15 is 0 Å². The largest absolute Gasteiger partial charge is 0.395 e. The molecule has 0 atom stereocenters. The van der Waals surface area contributed by atoms with E-state index in [1.54, 1.807) is 12.1 Å². The van der Waals surface area contributed by atoms with Crippen LogP contribution in [-0.4, -0.2) is 55.5 Å². The van der Waals surface area contributed by atoms with Gasteiger partial charge in [-0.1, -0.05) is 29.5 Å². The van der Waals surface area contributed by atoms with Crippen molar-refractivity contribution in [2.24, 2.45) is 5.73 Å². The SMILES string of the molecule is Cc1ccc(S(=O)(=O)O)cc1.N=C(N)SCCS(=O)(=O)CCO. The van der Waals surface area contributed by atoms with E-state index < -0.39 is 20.0 Å². The number of hydrogen-bond acceptors (Lipinski definition) is 7. The van der Waals surface area contributed by atoms with Crippen molar-refractivity contribution in [3.8, 4) is 0 Å². The Balaban J connectivity index is 0.000000422. The van der Waals surface area contributed by atoms with Crippen LogP contribution in [0.1, 0.15) is 5.56 Å². The van der Waals surface area contributed by atoms with Crippen molar-refractivity contribution in [3.05, 3.63) is 29.8 Å². The zero-order valence-corrected chi connectivity index (χ0v) is 14.9. The van der Waals surface area contributed by atoms with Gasteiger partial charge in [-0.3, -0.25) is 9.96 Å². The number of benzene rings is 1. The monoisotopic (exact) mass is 384 g/mol. The molecule has 1 rings (SSSR count). The van der Waals surface area contributed by atoms with Crippen molar-refractivity contribution in [2.75, 3.05) is 23.9 Å². The summed E-state index contributed by atoms with van der Waals surface area (Å²) in [5.41, 5.74) is 5.95. The molecule has 1 aromatic rings. The van der Waals surface area contributed by atoms with E-state index in [-0.39, 0.29) is 33.9 Å². The summed E-state index contributed by atoms with van der Waals surface area (Å²) in [5.74, 6) is 0.0148. The van der Waals surface area contributed by atoms with Gasteiger partial charge < -0.3 is 10.8 Å². The highest BCUT2D eigenvalue weighted by Crippen LogP contribution is 2.08. The molecule has 0 bridgehead atoms. The maximum atomic E-state index is 10.9. The standard InChI is InChI=1S/C7H8O3S.C5H12N2O3S2/c1-6-2-4-7(5-3-6)11(8,9)10;6-5(7)11-2-4-12(9,10)3-1-8/h2-5H,1H3,(H,8,9,10);8H,1-4H2,(H3,6,7). The molecule has 0 unspecified atom stereocenters. The maximum absolute atomic E-state index is 10.9. The lowest BCUT2D eigenvalue weighted by Crippen LogP contribution is -2.17. The third-order valence-corrected chi connectivity index (χ3v) is 5.85. The molecule has 11 heteroatoms. The second-order valence-corrected chi connectivity index (χ2v) is 9.24. The van der Waals surface area contributed by atoms with Crippen LogP contribution < -0.4 is 5.73 Å². The lowest BCUT2D eigenvalue weighted by molar-refractivity contribution is 0.319. The molecule has 1 aromatic carbocycles. The van der Waals surface area contributed by atoms with Gasteiger partial charge in [-0.25, -0.2) is 8.42 Å². The van der Waals surface area contributed by atoms with Crippen LogP contribution in [0.5, 0.6) is 0 Å². The number of sulfone groups is 1. The summed E-state index contributed by atoms with van der Waals surface area (Å²) in [4.78, 5) is -0.0666. The first kappa shape index (κ1) is 21.9. The predicted molar refractivity (Wildman–Crippen MR) is 91.1 cm³/mol. The fraction of sp³-hybridized carbons (Fsp3) is 0.417. The Bertz CT molecular complexity index is 699. The highest BCUT2D eigenvalue weighted by Gasteiger charge is 2.09. The zero-order valence-electron chi connectivity index (χ0n) is 12.5. The number of aliphatic hydroxyl groups excluding tert-OH is 1. The van der Waals surface area contributed by atoms with Crippen molar-refractivity contribution < 1.29 is 26.5 Å². The normalized spacial score (nSPS) is 11.4. The predicted octanol–water partition coefficient (Wildman–Crippen LogP) is 0.262. The van der Waals surface area contributed by atoms with Gasteiger partial charge in [-0.05, 0) is 19.1 Å². The number of aliphatic hydroxyl groups is 1. The van der Waals surface area contributed by atoms with Gasteiger partial charge in [-0.15, -0.1) is 0 Å². The molecule has 0 radical (unpaired) electrons. The third kappa shape index (κ3) is 11.1. The van der Waals surface area contributed by atoms with E-state index in [4.69, 9.17) is 20.8 Å². The number of aryl methyl sites for hydroxylation is 1. The fourth-order valence-corrected chi connectivity index (χ4v) is 3.76. The van der Waals surface area contributed by atoms with Crippen LogP contribution in [0, 0.1) is 12.3 Å². The zero-order chi connectivity index (χ0) is 18.1. The summed E-state index contributed by atoms with van der Waals surface area (Å²) in [7, 11) is -7.17. The maximum Gasteiger partial charge on any atom is 0.294 e. The van der Waals surface area contributed by atoms with Crippen molar-refractivity contribution in [1.82, 2.24) is 0 Å². The van der Waals surface area contributed by atoms with Gasteiger partial charge in [0, 0.05) is 5.75 Å². The molecule has 0 saturated carbocycles. The first-order valence-corrected chi connectivity index (χ1v) is 10.5. The highest BCUT2D eigenvalue weighted by atomic mass is 32.2. The molecular formula is C12H20N2O6S3. The van der Waals surface area contributed by atoms with Crippen LogP contribution in [0.25, 0.3) is 0 Å². The summed E-state index contributed by atoms with van der Waals surface area (Å²) in [5, 5.41) is 15.1. The average Bonchev–Trinajstić information content (AvgIpc) is 2.38. The number of thioether (sulfide) groups is 1. The van der Waals surface area contributed by atoms with Crippen LogP contribution in [0.3, 0.4) is 0 Å². The van der Waals surface area contributed by atoms with Crippen LogP contribution >= 0.6 is 11.8 Å². The van der Waals surface area contributed by atoms with Crippen LogP contribution in [-0.2, 0) is 20.0 Å². The number of amidine groups is 1. The Morgan fingerprint density at radius 3 is 2.09 bits per heavy atom. The number of hydrogen-bond donors (Lipinski definition) is 4. The molecule has 0 heterocycles. The number of rotatable bonds is 6. The summed E-state index contributed by atoms with van der Waals surface area (Å²) in [6.07, 6.45) is 0. The Hall–Kier alpha value is -1.14. The Labute approximate surface area is 140 Å². The van der Waals surface area contributed by atoms with Crippen molar-refractivity contribution in [1.29, 1.82) is 5.41 Å². The summed E-state index contributed by atoms with van der Waals surface area (Å²) in [6.45, 7) is 1.49. The molecule has 0 aliphatic heterocycles. The molecule has 0 aliphatic rings. The van der Waals surface area contributed by atoms with Gasteiger partial charge in [0.05, 0.1) is 23.0 Å². The molecule has 8 nitrogen and oxygen atoms in total. The quantitative estimate of drug-likeness (QED) is 0.309. The average molecular weight is 385 g/mol. The molecule has 0 fully saturated rings. The number of nitrogens with one attached hydrogen (secondary N) is 1. The second-order valence-electron chi connectivity index (χ2n) is 4.38. The molecule has 5 N–H and O–H groups in total. The minimum Gasteiger partial charge on any atom is -0.395 e. The van der Waals surface area contributed by atoms with Crippen LogP contribution in [0.15, 0.2) is 29.2 Å². The van der Waals surface area contributed by atoms with Crippen LogP contribution in [0.4, 0.5) is 0 Å². The lowest BCUT2D eigenvalue weighted by atomic mass is 10.2. The van der Waals surface area contributed by atoms with Gasteiger partial charge in [0.15, 0.2) is 15.0 Å². The van der Waals surface area contributed by atoms with Gasteiger partial charge in [0.25, 0.3) is 10.1 Å². The lowest BCUT2D eigenvalue weighted by Gasteiger charge is -2.00. The van der Waals surface area contributed by atoms with E-state index in [2.05, 4.69) is 0 Å². The molecule has 0 saturated heterocycles. The summed E-state index contributed by atoms with van der Waals surface area (Å²) >= 11 is 0.984. The van der Waals surface area contributed by atoms with E-state index in [9.17, 15) is 16.8 Å². The van der Waals surface area contributed by atoms with Gasteiger partial charge in [0.1, 0.15) is 0 Å². The van der Waals surface area contributed by atoms with E-state index in [1.165, 1.54) is 12.1 Å². The minimum absolute atomic E-state index is 0.0438. The summed E-state index contributed by atoms with van der Waals surface area (Å²) in [6, 6.07) is 5.99. The van der Waals surface area contributed by atoms with Crippen molar-refractivity contribution in [2.45, 2.75) is 11.8 Å². The first-order valence-electron chi connectivity index (χ1n) is 6.30. The summed E-state index contributed by atoms with van der Waals surface area (Å²) < 4.78 is 51.4. The molecule has 0 aliphatic carbocycles. The third-order valence-electron chi connectivity index (χ3n) is 2.37. The molecule has 0 amide bonds. The van der Waals surface area contributed by atoms with Crippen molar-refractivity contribution in [3.63, 3.8) is 0 Å². The van der Waals surface area contributed by atoms with Gasteiger partial charge in [0.2, 0.25) is 0 Å². The molecule has 23 heavy (non-hydrogen) atoms. The van der Waals surface area contributed by atoms with E-state index in [0.29, 0.717) is 0 Å². The Morgan fingerprint density at radius 2 is 1.70 bits per heavy atom. The molecule has 132 valence electrons. The Morgan fingerprint density at radius 1 is 1.17 bits per heavy atom. The van der Waals surface area contributed by atoms with Gasteiger partial charge >= 0.3 is 0 Å².